The van der Waals surface area contributed by atoms with Crippen molar-refractivity contribution in [2.24, 2.45) is 11.8 Å². The topological polar surface area (TPSA) is 125 Å². The maximum absolute atomic E-state index is 12.4. The van der Waals surface area contributed by atoms with Gasteiger partial charge in [-0.05, 0) is 18.9 Å². The standard InChI is InChI=1S/C24H50N2O10Si2/c1-21(23(28)35-14-8-16-37(20-27,30-3)31-4)18-25-10-12-26(13-11-25)19-22(2)24(29)36-15-9-17-38(32-5,33-6)34-7/h21-22,27H,8-20H2,1-7H3. The Kier molecular flexibility index (Phi) is 17.0. The number of hydrogen-bond donors (Lipinski definition) is 1. The molecule has 0 spiro atoms. The molecule has 2 atom stereocenters. The Balaban J connectivity index is 2.27. The number of nitrogens with zero attached hydrogens (tertiary/aromatic N) is 2. The zero-order valence-corrected chi connectivity index (χ0v) is 26.4. The van der Waals surface area contributed by atoms with Crippen LogP contribution in [0.4, 0.5) is 0 Å². The maximum atomic E-state index is 12.4. The van der Waals surface area contributed by atoms with Crippen LogP contribution in [0, 0.1) is 11.8 Å². The van der Waals surface area contributed by atoms with E-state index in [1.54, 1.807) is 21.3 Å². The van der Waals surface area contributed by atoms with Crippen LogP contribution in [0.5, 0.6) is 0 Å². The van der Waals surface area contributed by atoms with Crippen LogP contribution in [0.3, 0.4) is 0 Å². The lowest BCUT2D eigenvalue weighted by Gasteiger charge is -2.36. The van der Waals surface area contributed by atoms with Gasteiger partial charge in [-0.3, -0.25) is 19.4 Å². The van der Waals surface area contributed by atoms with E-state index in [4.69, 9.17) is 31.6 Å². The Morgan fingerprint density at radius 1 is 0.711 bits per heavy atom. The molecule has 1 saturated heterocycles. The summed E-state index contributed by atoms with van der Waals surface area (Å²) in [6, 6.07) is 1.14. The molecule has 1 N–H and O–H groups in total. The number of carbonyl (C=O) groups excluding carboxylic acids is 2. The number of rotatable bonds is 20. The van der Waals surface area contributed by atoms with Crippen LogP contribution < -0.4 is 0 Å². The Morgan fingerprint density at radius 3 is 1.45 bits per heavy atom. The molecular formula is C24H50N2O10Si2. The predicted octanol–water partition coefficient (Wildman–Crippen LogP) is 0.887. The van der Waals surface area contributed by atoms with Crippen molar-refractivity contribution in [1.29, 1.82) is 0 Å². The predicted molar refractivity (Wildman–Crippen MR) is 146 cm³/mol. The van der Waals surface area contributed by atoms with Gasteiger partial charge >= 0.3 is 29.3 Å². The van der Waals surface area contributed by atoms with Gasteiger partial charge in [0.05, 0.1) is 31.3 Å². The lowest BCUT2D eigenvalue weighted by Crippen LogP contribution is -2.49. The summed E-state index contributed by atoms with van der Waals surface area (Å²) in [4.78, 5) is 29.4. The minimum absolute atomic E-state index is 0.128. The van der Waals surface area contributed by atoms with E-state index in [-0.39, 0.29) is 36.6 Å². The molecule has 1 fully saturated rings. The van der Waals surface area contributed by atoms with Crippen molar-refractivity contribution in [3.8, 4) is 0 Å². The number of esters is 2. The van der Waals surface area contributed by atoms with Crippen LogP contribution in [0.25, 0.3) is 0 Å². The number of ether oxygens (including phenoxy) is 2. The smallest absolute Gasteiger partial charge is 0.465 e. The van der Waals surface area contributed by atoms with Crippen molar-refractivity contribution in [1.82, 2.24) is 9.80 Å². The first-order chi connectivity index (χ1) is 18.1. The van der Waals surface area contributed by atoms with E-state index in [9.17, 15) is 14.7 Å². The summed E-state index contributed by atoms with van der Waals surface area (Å²) < 4.78 is 37.8. The van der Waals surface area contributed by atoms with E-state index in [1.165, 1.54) is 14.2 Å². The minimum Gasteiger partial charge on any atom is -0.465 e. The van der Waals surface area contributed by atoms with Crippen LogP contribution in [0.15, 0.2) is 0 Å². The van der Waals surface area contributed by atoms with Gasteiger partial charge in [0.15, 0.2) is 0 Å². The van der Waals surface area contributed by atoms with Crippen LogP contribution >= 0.6 is 0 Å². The van der Waals surface area contributed by atoms with Crippen LogP contribution in [-0.2, 0) is 41.2 Å². The molecule has 224 valence electrons. The summed E-state index contributed by atoms with van der Waals surface area (Å²) in [7, 11) is 2.54. The van der Waals surface area contributed by atoms with Crippen molar-refractivity contribution in [3.63, 3.8) is 0 Å². The van der Waals surface area contributed by atoms with Gasteiger partial charge in [-0.1, -0.05) is 13.8 Å². The minimum atomic E-state index is -2.65. The average Bonchev–Trinajstić information content (AvgIpc) is 2.94. The van der Waals surface area contributed by atoms with Gasteiger partial charge in [-0.25, -0.2) is 0 Å². The van der Waals surface area contributed by atoms with Crippen molar-refractivity contribution >= 4 is 29.3 Å². The molecule has 12 nitrogen and oxygen atoms in total. The van der Waals surface area contributed by atoms with Gasteiger partial charge in [0, 0.05) is 80.9 Å². The van der Waals surface area contributed by atoms with Crippen molar-refractivity contribution in [3.05, 3.63) is 0 Å². The zero-order valence-electron chi connectivity index (χ0n) is 24.4. The molecule has 14 heteroatoms. The molecule has 1 aliphatic heterocycles. The van der Waals surface area contributed by atoms with E-state index in [1.807, 2.05) is 13.8 Å². The third-order valence-electron chi connectivity index (χ3n) is 7.07. The van der Waals surface area contributed by atoms with Crippen LogP contribution in [-0.4, -0.2) is 138 Å². The molecule has 0 aromatic rings. The number of aliphatic hydroxyl groups excluding tert-OH is 1. The molecule has 0 aromatic carbocycles. The lowest BCUT2D eigenvalue weighted by molar-refractivity contribution is -0.150. The van der Waals surface area contributed by atoms with Crippen LogP contribution in [0.1, 0.15) is 26.7 Å². The number of piperazine rings is 1. The highest BCUT2D eigenvalue weighted by Gasteiger charge is 2.37. The van der Waals surface area contributed by atoms with Gasteiger partial charge < -0.3 is 36.7 Å². The molecule has 0 aliphatic carbocycles. The van der Waals surface area contributed by atoms with Crippen LogP contribution in [0.2, 0.25) is 12.1 Å². The third kappa shape index (κ3) is 11.7. The quantitative estimate of drug-likeness (QED) is 0.124. The van der Waals surface area contributed by atoms with E-state index in [0.717, 1.165) is 26.2 Å². The Bertz CT molecular complexity index is 602. The molecule has 0 saturated carbocycles. The number of carbonyl (C=O) groups is 2. The third-order valence-corrected chi connectivity index (χ3v) is 13.0. The highest BCUT2D eigenvalue weighted by atomic mass is 28.4. The van der Waals surface area contributed by atoms with Gasteiger partial charge in [0.25, 0.3) is 0 Å². The van der Waals surface area contributed by atoms with Gasteiger partial charge in [0.1, 0.15) is 0 Å². The molecule has 0 bridgehead atoms. The van der Waals surface area contributed by atoms with Crippen molar-refractivity contribution in [2.45, 2.75) is 38.8 Å². The first kappa shape index (κ1) is 35.1. The van der Waals surface area contributed by atoms with E-state index < -0.39 is 17.4 Å². The highest BCUT2D eigenvalue weighted by Crippen LogP contribution is 2.16. The first-order valence-corrected chi connectivity index (χ1v) is 17.4. The number of aliphatic hydroxyl groups is 1. The monoisotopic (exact) mass is 582 g/mol. The fourth-order valence-electron chi connectivity index (χ4n) is 4.39. The number of hydrogen-bond acceptors (Lipinski definition) is 12. The second-order valence-electron chi connectivity index (χ2n) is 9.72. The second kappa shape index (κ2) is 18.4. The fourth-order valence-corrected chi connectivity index (χ4v) is 7.75. The molecular weight excluding hydrogens is 532 g/mol. The molecule has 38 heavy (non-hydrogen) atoms. The first-order valence-electron chi connectivity index (χ1n) is 13.3. The molecule has 0 aromatic heterocycles. The SMILES string of the molecule is CO[Si](CO)(CCCOC(=O)C(C)CN1CCN(CC(C)C(=O)OCCC[Si](OC)(OC)OC)CC1)OC. The summed E-state index contributed by atoms with van der Waals surface area (Å²) >= 11 is 0. The molecule has 0 amide bonds. The Labute approximate surface area is 230 Å². The molecule has 1 heterocycles. The lowest BCUT2D eigenvalue weighted by atomic mass is 10.1. The van der Waals surface area contributed by atoms with Crippen molar-refractivity contribution < 1.29 is 46.3 Å². The Morgan fingerprint density at radius 2 is 1.11 bits per heavy atom. The highest BCUT2D eigenvalue weighted by molar-refractivity contribution is 6.67. The van der Waals surface area contributed by atoms with Gasteiger partial charge in [-0.15, -0.1) is 0 Å². The summed E-state index contributed by atoms with van der Waals surface area (Å²) in [6.07, 6.45) is 1.07. The summed E-state index contributed by atoms with van der Waals surface area (Å²) in [6.45, 7) is 8.91. The summed E-state index contributed by atoms with van der Waals surface area (Å²) in [5.74, 6) is -0.903. The van der Waals surface area contributed by atoms with Gasteiger partial charge in [-0.2, -0.15) is 0 Å². The van der Waals surface area contributed by atoms with Gasteiger partial charge in [0.2, 0.25) is 0 Å². The largest absolute Gasteiger partial charge is 0.500 e. The van der Waals surface area contributed by atoms with E-state index in [0.29, 0.717) is 44.6 Å². The Hall–Kier alpha value is -0.946. The summed E-state index contributed by atoms with van der Waals surface area (Å²) in [5, 5.41) is 9.50. The van der Waals surface area contributed by atoms with Crippen molar-refractivity contribution in [2.75, 3.05) is 94.3 Å². The van der Waals surface area contributed by atoms with E-state index >= 15 is 0 Å². The second-order valence-corrected chi connectivity index (χ2v) is 16.3. The molecule has 0 radical (unpaired) electrons. The molecule has 2 unspecified atom stereocenters. The fraction of sp³-hybridized carbons (Fsp3) is 0.917. The normalized spacial score (nSPS) is 17.3. The molecule has 1 rings (SSSR count). The van der Waals surface area contributed by atoms with E-state index in [2.05, 4.69) is 9.80 Å². The average molecular weight is 583 g/mol. The zero-order chi connectivity index (χ0) is 28.6. The summed E-state index contributed by atoms with van der Waals surface area (Å²) in [5.41, 5.74) is 0. The maximum Gasteiger partial charge on any atom is 0.500 e. The molecule has 1 aliphatic rings.